The van der Waals surface area contributed by atoms with Gasteiger partial charge >= 0.3 is 0 Å². The van der Waals surface area contributed by atoms with Crippen molar-refractivity contribution in [1.29, 1.82) is 0 Å². The van der Waals surface area contributed by atoms with Crippen LogP contribution in [0.15, 0.2) is 24.5 Å². The first kappa shape index (κ1) is 15.0. The SMILES string of the molecule is CC(=O)N1CCC2CC(=O)N(Cc3cccnc3)CCC2C1. The molecule has 5 nitrogen and oxygen atoms in total. The summed E-state index contributed by atoms with van der Waals surface area (Å²) in [5, 5.41) is 0. The first-order valence-electron chi connectivity index (χ1n) is 8.05. The molecule has 2 fully saturated rings. The lowest BCUT2D eigenvalue weighted by molar-refractivity contribution is -0.132. The number of amides is 2. The Bertz CT molecular complexity index is 546. The van der Waals surface area contributed by atoms with Crippen molar-refractivity contribution in [2.24, 2.45) is 11.8 Å². The summed E-state index contributed by atoms with van der Waals surface area (Å²) < 4.78 is 0. The van der Waals surface area contributed by atoms with E-state index in [4.69, 9.17) is 0 Å². The second-order valence-electron chi connectivity index (χ2n) is 6.44. The van der Waals surface area contributed by atoms with E-state index in [1.165, 1.54) is 0 Å². The van der Waals surface area contributed by atoms with Crippen LogP contribution in [0.4, 0.5) is 0 Å². The highest BCUT2D eigenvalue weighted by Crippen LogP contribution is 2.32. The van der Waals surface area contributed by atoms with E-state index in [0.29, 0.717) is 24.8 Å². The average molecular weight is 301 g/mol. The Kier molecular flexibility index (Phi) is 4.41. The van der Waals surface area contributed by atoms with Gasteiger partial charge in [0.2, 0.25) is 11.8 Å². The molecule has 0 saturated carbocycles. The minimum Gasteiger partial charge on any atom is -0.343 e. The molecule has 2 unspecified atom stereocenters. The van der Waals surface area contributed by atoms with Crippen molar-refractivity contribution in [3.63, 3.8) is 0 Å². The Morgan fingerprint density at radius 1 is 1.32 bits per heavy atom. The van der Waals surface area contributed by atoms with Gasteiger partial charge in [-0.1, -0.05) is 6.07 Å². The lowest BCUT2D eigenvalue weighted by Gasteiger charge is -2.36. The number of carbonyl (C=O) groups excluding carboxylic acids is 2. The van der Waals surface area contributed by atoms with Crippen LogP contribution in [0.3, 0.4) is 0 Å². The molecule has 1 aromatic heterocycles. The summed E-state index contributed by atoms with van der Waals surface area (Å²) in [5.41, 5.74) is 1.08. The van der Waals surface area contributed by atoms with Crippen molar-refractivity contribution < 1.29 is 9.59 Å². The van der Waals surface area contributed by atoms with E-state index in [1.807, 2.05) is 28.1 Å². The third-order valence-corrected chi connectivity index (χ3v) is 4.99. The Hall–Kier alpha value is -1.91. The minimum atomic E-state index is 0.154. The Balaban J connectivity index is 1.66. The second-order valence-corrected chi connectivity index (χ2v) is 6.44. The molecule has 0 aliphatic carbocycles. The maximum absolute atomic E-state index is 12.5. The van der Waals surface area contributed by atoms with Crippen molar-refractivity contribution in [2.75, 3.05) is 19.6 Å². The van der Waals surface area contributed by atoms with Crippen LogP contribution in [-0.2, 0) is 16.1 Å². The van der Waals surface area contributed by atoms with Gasteiger partial charge < -0.3 is 9.80 Å². The van der Waals surface area contributed by atoms with Crippen molar-refractivity contribution in [3.05, 3.63) is 30.1 Å². The molecule has 118 valence electrons. The minimum absolute atomic E-state index is 0.154. The van der Waals surface area contributed by atoms with Gasteiger partial charge in [-0.3, -0.25) is 14.6 Å². The van der Waals surface area contributed by atoms with Gasteiger partial charge in [-0.2, -0.15) is 0 Å². The lowest BCUT2D eigenvalue weighted by Crippen LogP contribution is -2.42. The molecule has 1 aromatic rings. The third kappa shape index (κ3) is 3.29. The van der Waals surface area contributed by atoms with Gasteiger partial charge in [0.25, 0.3) is 0 Å². The third-order valence-electron chi connectivity index (χ3n) is 4.99. The molecule has 3 heterocycles. The number of carbonyl (C=O) groups is 2. The molecule has 0 aromatic carbocycles. The first-order chi connectivity index (χ1) is 10.6. The molecule has 2 aliphatic heterocycles. The number of likely N-dealkylation sites (tertiary alicyclic amines) is 2. The average Bonchev–Trinajstić information content (AvgIpc) is 2.67. The number of pyridine rings is 1. The van der Waals surface area contributed by atoms with Crippen molar-refractivity contribution in [2.45, 2.75) is 32.7 Å². The normalized spacial score (nSPS) is 25.6. The van der Waals surface area contributed by atoms with Gasteiger partial charge in [0.1, 0.15) is 0 Å². The van der Waals surface area contributed by atoms with Crippen molar-refractivity contribution >= 4 is 11.8 Å². The summed E-state index contributed by atoms with van der Waals surface area (Å²) in [4.78, 5) is 32.1. The van der Waals surface area contributed by atoms with E-state index in [0.717, 1.165) is 38.0 Å². The highest BCUT2D eigenvalue weighted by atomic mass is 16.2. The maximum Gasteiger partial charge on any atom is 0.223 e. The number of hydrogen-bond donors (Lipinski definition) is 0. The summed E-state index contributed by atoms with van der Waals surface area (Å²) in [7, 11) is 0. The van der Waals surface area contributed by atoms with Crippen LogP contribution in [0, 0.1) is 11.8 Å². The van der Waals surface area contributed by atoms with Gasteiger partial charge in [-0.05, 0) is 36.3 Å². The van der Waals surface area contributed by atoms with E-state index >= 15 is 0 Å². The molecule has 2 aliphatic rings. The molecule has 2 saturated heterocycles. The Labute approximate surface area is 131 Å². The van der Waals surface area contributed by atoms with Gasteiger partial charge in [-0.25, -0.2) is 0 Å². The van der Waals surface area contributed by atoms with E-state index in [-0.39, 0.29) is 11.8 Å². The molecule has 2 amide bonds. The van der Waals surface area contributed by atoms with E-state index in [9.17, 15) is 9.59 Å². The van der Waals surface area contributed by atoms with Gasteiger partial charge in [0, 0.05) is 51.9 Å². The van der Waals surface area contributed by atoms with E-state index in [1.54, 1.807) is 13.1 Å². The number of aromatic nitrogens is 1. The number of fused-ring (bicyclic) bond motifs is 1. The zero-order valence-corrected chi connectivity index (χ0v) is 13.1. The van der Waals surface area contributed by atoms with Crippen molar-refractivity contribution in [3.8, 4) is 0 Å². The topological polar surface area (TPSA) is 53.5 Å². The zero-order chi connectivity index (χ0) is 15.5. The number of piperidine rings is 1. The Morgan fingerprint density at radius 2 is 2.14 bits per heavy atom. The molecule has 2 atom stereocenters. The van der Waals surface area contributed by atoms with Crippen LogP contribution in [0.2, 0.25) is 0 Å². The fourth-order valence-corrected chi connectivity index (χ4v) is 3.64. The summed E-state index contributed by atoms with van der Waals surface area (Å²) in [6.07, 6.45) is 6.13. The molecule has 0 radical (unpaired) electrons. The summed E-state index contributed by atoms with van der Waals surface area (Å²) in [5.74, 6) is 1.29. The predicted molar refractivity (Wildman–Crippen MR) is 82.7 cm³/mol. The maximum atomic E-state index is 12.5. The van der Waals surface area contributed by atoms with Crippen LogP contribution in [0.1, 0.15) is 31.7 Å². The van der Waals surface area contributed by atoms with Gasteiger partial charge in [-0.15, -0.1) is 0 Å². The number of hydrogen-bond acceptors (Lipinski definition) is 3. The number of nitrogens with zero attached hydrogens (tertiary/aromatic N) is 3. The van der Waals surface area contributed by atoms with Crippen LogP contribution in [-0.4, -0.2) is 46.2 Å². The largest absolute Gasteiger partial charge is 0.343 e. The Morgan fingerprint density at radius 3 is 2.86 bits per heavy atom. The molecular weight excluding hydrogens is 278 g/mol. The number of rotatable bonds is 2. The summed E-state index contributed by atoms with van der Waals surface area (Å²) in [6, 6.07) is 3.91. The molecule has 5 heteroatoms. The predicted octanol–water partition coefficient (Wildman–Crippen LogP) is 1.69. The van der Waals surface area contributed by atoms with Crippen LogP contribution < -0.4 is 0 Å². The molecule has 22 heavy (non-hydrogen) atoms. The van der Waals surface area contributed by atoms with Crippen molar-refractivity contribution in [1.82, 2.24) is 14.8 Å². The molecular formula is C17H23N3O2. The van der Waals surface area contributed by atoms with Gasteiger partial charge in [0.05, 0.1) is 0 Å². The van der Waals surface area contributed by atoms with Crippen LogP contribution >= 0.6 is 0 Å². The molecule has 0 bridgehead atoms. The van der Waals surface area contributed by atoms with Crippen LogP contribution in [0.5, 0.6) is 0 Å². The monoisotopic (exact) mass is 301 g/mol. The van der Waals surface area contributed by atoms with Gasteiger partial charge in [0.15, 0.2) is 0 Å². The standard InChI is InChI=1S/C17H23N3O2/c1-13(21)19-7-4-15-9-17(22)20(8-5-16(15)12-19)11-14-3-2-6-18-10-14/h2-3,6,10,15-16H,4-5,7-9,11-12H2,1H3. The highest BCUT2D eigenvalue weighted by Gasteiger charge is 2.35. The van der Waals surface area contributed by atoms with Crippen LogP contribution in [0.25, 0.3) is 0 Å². The summed E-state index contributed by atoms with van der Waals surface area (Å²) in [6.45, 7) is 4.67. The second kappa shape index (κ2) is 6.46. The summed E-state index contributed by atoms with van der Waals surface area (Å²) >= 11 is 0. The van der Waals surface area contributed by atoms with E-state index < -0.39 is 0 Å². The zero-order valence-electron chi connectivity index (χ0n) is 13.1. The first-order valence-corrected chi connectivity index (χ1v) is 8.05. The molecule has 0 spiro atoms. The smallest absolute Gasteiger partial charge is 0.223 e. The highest BCUT2D eigenvalue weighted by molar-refractivity contribution is 5.77. The quantitative estimate of drug-likeness (QED) is 0.835. The fraction of sp³-hybridized carbons (Fsp3) is 0.588. The lowest BCUT2D eigenvalue weighted by atomic mass is 9.82. The molecule has 3 rings (SSSR count). The molecule has 0 N–H and O–H groups in total. The fourth-order valence-electron chi connectivity index (χ4n) is 3.64. The van der Waals surface area contributed by atoms with E-state index in [2.05, 4.69) is 4.98 Å².